The maximum absolute atomic E-state index is 13.5. The van der Waals surface area contributed by atoms with Crippen molar-refractivity contribution < 1.29 is 40.7 Å². The first-order chi connectivity index (χ1) is 18.2. The minimum Gasteiger partial charge on any atom is -0.444 e. The molecule has 220 valence electrons. The first-order valence-corrected chi connectivity index (χ1v) is 12.7. The highest BCUT2D eigenvalue weighted by atomic mass is 35.5. The molecule has 0 N–H and O–H groups in total. The summed E-state index contributed by atoms with van der Waals surface area (Å²) < 4.78 is 85.8. The molecule has 0 saturated carbocycles. The Bertz CT molecular complexity index is 1250. The van der Waals surface area contributed by atoms with Crippen molar-refractivity contribution in [3.8, 4) is 0 Å². The fraction of sp³-hybridized carbons (Fsp3) is 0.462. The molecule has 0 bridgehead atoms. The Morgan fingerprint density at radius 3 is 1.90 bits per heavy atom. The van der Waals surface area contributed by atoms with Crippen LogP contribution in [0.15, 0.2) is 36.4 Å². The Morgan fingerprint density at radius 2 is 1.43 bits per heavy atom. The van der Waals surface area contributed by atoms with Crippen molar-refractivity contribution in [2.45, 2.75) is 50.7 Å². The third-order valence-electron chi connectivity index (χ3n) is 6.36. The largest absolute Gasteiger partial charge is 0.444 e. The van der Waals surface area contributed by atoms with Crippen LogP contribution in [0.5, 0.6) is 0 Å². The van der Waals surface area contributed by atoms with E-state index in [0.29, 0.717) is 22.6 Å². The molecular weight excluding hydrogens is 587 g/mol. The molecule has 6 nitrogen and oxygen atoms in total. The zero-order valence-electron chi connectivity index (χ0n) is 22.1. The van der Waals surface area contributed by atoms with Crippen molar-refractivity contribution in [2.75, 3.05) is 32.1 Å². The number of hydrogen-bond acceptors (Lipinski definition) is 3. The fourth-order valence-electron chi connectivity index (χ4n) is 4.35. The molecule has 0 aromatic heterocycles. The number of carbonyl (C=O) groups is 2. The molecule has 1 heterocycles. The van der Waals surface area contributed by atoms with Gasteiger partial charge in [-0.15, -0.1) is 0 Å². The first kappa shape index (κ1) is 31.7. The number of ether oxygens (including phenoxy) is 1. The van der Waals surface area contributed by atoms with Crippen molar-refractivity contribution in [3.05, 3.63) is 63.1 Å². The molecule has 3 amide bonds. The van der Waals surface area contributed by atoms with E-state index in [4.69, 9.17) is 27.9 Å². The van der Waals surface area contributed by atoms with Gasteiger partial charge in [-0.3, -0.25) is 4.90 Å². The highest BCUT2D eigenvalue weighted by molar-refractivity contribution is 6.42. The van der Waals surface area contributed by atoms with E-state index in [0.717, 1.165) is 7.05 Å². The summed E-state index contributed by atoms with van der Waals surface area (Å²) in [6, 6.07) is 4.07. The van der Waals surface area contributed by atoms with E-state index in [2.05, 4.69) is 0 Å². The maximum Gasteiger partial charge on any atom is 0.416 e. The number of hydrogen-bond donors (Lipinski definition) is 0. The monoisotopic (exact) mass is 613 g/mol. The molecule has 2 atom stereocenters. The van der Waals surface area contributed by atoms with Gasteiger partial charge in [0.2, 0.25) is 0 Å². The molecule has 2 aromatic carbocycles. The maximum atomic E-state index is 13.5. The van der Waals surface area contributed by atoms with Crippen LogP contribution in [0.25, 0.3) is 0 Å². The minimum atomic E-state index is -5.08. The zero-order valence-corrected chi connectivity index (χ0v) is 23.6. The van der Waals surface area contributed by atoms with Crippen molar-refractivity contribution in [3.63, 3.8) is 0 Å². The van der Waals surface area contributed by atoms with Crippen molar-refractivity contribution in [1.82, 2.24) is 9.80 Å². The van der Waals surface area contributed by atoms with E-state index in [1.54, 1.807) is 39.0 Å². The van der Waals surface area contributed by atoms with Gasteiger partial charge in [-0.05, 0) is 56.7 Å². The summed E-state index contributed by atoms with van der Waals surface area (Å²) in [5, 5.41) is 0.501. The number of rotatable bonds is 3. The first-order valence-electron chi connectivity index (χ1n) is 11.9. The van der Waals surface area contributed by atoms with Crippen molar-refractivity contribution >= 4 is 41.0 Å². The third-order valence-corrected chi connectivity index (χ3v) is 7.10. The quantitative estimate of drug-likeness (QED) is 0.330. The fourth-order valence-corrected chi connectivity index (χ4v) is 4.65. The van der Waals surface area contributed by atoms with Crippen LogP contribution in [-0.2, 0) is 17.1 Å². The summed E-state index contributed by atoms with van der Waals surface area (Å²) in [7, 11) is 2.42. The molecule has 14 heteroatoms. The predicted octanol–water partition coefficient (Wildman–Crippen LogP) is 7.92. The van der Waals surface area contributed by atoms with E-state index in [1.807, 2.05) is 0 Å². The number of alkyl halides is 6. The second-order valence-corrected chi connectivity index (χ2v) is 11.3. The molecule has 0 radical (unpaired) electrons. The number of likely N-dealkylation sites (N-methyl/N-ethyl adjacent to an activating group) is 1. The number of benzene rings is 2. The van der Waals surface area contributed by atoms with Crippen LogP contribution >= 0.6 is 23.2 Å². The van der Waals surface area contributed by atoms with Crippen LogP contribution in [0.4, 0.5) is 41.6 Å². The lowest BCUT2D eigenvalue weighted by molar-refractivity contribution is -0.143. The number of urea groups is 1. The average Bonchev–Trinajstić information content (AvgIpc) is 3.27. The Hall–Kier alpha value is -2.86. The van der Waals surface area contributed by atoms with Crippen LogP contribution in [0.3, 0.4) is 0 Å². The summed E-state index contributed by atoms with van der Waals surface area (Å²) in [5.41, 5.74) is -3.90. The molecule has 1 aliphatic heterocycles. The van der Waals surface area contributed by atoms with Crippen molar-refractivity contribution in [2.24, 2.45) is 0 Å². The number of anilines is 1. The molecule has 1 aliphatic rings. The van der Waals surface area contributed by atoms with Gasteiger partial charge < -0.3 is 14.5 Å². The second kappa shape index (κ2) is 11.2. The molecule has 40 heavy (non-hydrogen) atoms. The Kier molecular flexibility index (Phi) is 8.86. The van der Waals surface area contributed by atoms with Gasteiger partial charge in [0, 0.05) is 38.8 Å². The second-order valence-electron chi connectivity index (χ2n) is 10.4. The average molecular weight is 614 g/mol. The molecular formula is C26H27Cl2F6N3O3. The molecule has 0 spiro atoms. The third kappa shape index (κ3) is 7.25. The summed E-state index contributed by atoms with van der Waals surface area (Å²) in [5.74, 6) is -0.531. The minimum absolute atomic E-state index is 0.0124. The van der Waals surface area contributed by atoms with Crippen LogP contribution in [0.1, 0.15) is 43.4 Å². The van der Waals surface area contributed by atoms with Gasteiger partial charge in [0.05, 0.1) is 27.2 Å². The summed E-state index contributed by atoms with van der Waals surface area (Å²) in [6.45, 7) is 5.13. The van der Waals surface area contributed by atoms with Gasteiger partial charge in [-0.2, -0.15) is 26.3 Å². The lowest BCUT2D eigenvalue weighted by Crippen LogP contribution is -2.48. The number of amides is 3. The molecule has 1 saturated heterocycles. The van der Waals surface area contributed by atoms with Crippen LogP contribution in [0, 0.1) is 0 Å². The number of likely N-dealkylation sites (tertiary alicyclic amines) is 1. The smallest absolute Gasteiger partial charge is 0.416 e. The summed E-state index contributed by atoms with van der Waals surface area (Å²) in [4.78, 5) is 29.6. The highest BCUT2D eigenvalue weighted by Crippen LogP contribution is 2.39. The zero-order chi connectivity index (χ0) is 30.4. The summed E-state index contributed by atoms with van der Waals surface area (Å²) >= 11 is 12.2. The molecule has 0 unspecified atom stereocenters. The Labute approximate surface area is 237 Å². The lowest BCUT2D eigenvalue weighted by atomic mass is 9.93. The molecule has 2 aromatic rings. The van der Waals surface area contributed by atoms with Gasteiger partial charge in [0.25, 0.3) is 0 Å². The van der Waals surface area contributed by atoms with Gasteiger partial charge in [-0.25, -0.2) is 9.59 Å². The van der Waals surface area contributed by atoms with Crippen LogP contribution < -0.4 is 4.90 Å². The van der Waals surface area contributed by atoms with E-state index < -0.39 is 58.9 Å². The topological polar surface area (TPSA) is 53.1 Å². The van der Waals surface area contributed by atoms with Gasteiger partial charge in [0.15, 0.2) is 0 Å². The SMILES string of the molecule is CN(C(=O)N(C)[C@@H]1CN(C(=O)OC(C)(C)C)C[C@H]1c1ccc(Cl)c(Cl)c1)c1cc(C(F)(F)F)cc(C(F)(F)F)c1. The van der Waals surface area contributed by atoms with Gasteiger partial charge in [0.1, 0.15) is 5.60 Å². The van der Waals surface area contributed by atoms with Crippen LogP contribution in [0.2, 0.25) is 10.0 Å². The summed E-state index contributed by atoms with van der Waals surface area (Å²) in [6.07, 6.45) is -10.8. The molecule has 0 aliphatic carbocycles. The standard InChI is InChI=1S/C26H27Cl2F6N3O3/c1-24(2,3)40-23(39)37-12-18(14-6-7-19(27)20(28)8-14)21(13-37)36(5)22(38)35(4)17-10-15(25(29,30)31)9-16(11-17)26(32,33)34/h6-11,18,21H,12-13H2,1-5H3/t18-,21+/m0/s1. The Balaban J connectivity index is 1.98. The number of nitrogens with zero attached hydrogens (tertiary/aromatic N) is 3. The molecule has 3 rings (SSSR count). The van der Waals surface area contributed by atoms with Crippen LogP contribution in [-0.4, -0.2) is 60.8 Å². The number of carbonyl (C=O) groups excluding carboxylic acids is 2. The lowest BCUT2D eigenvalue weighted by Gasteiger charge is -2.33. The normalized spacial score (nSPS) is 18.1. The predicted molar refractivity (Wildman–Crippen MR) is 139 cm³/mol. The molecule has 1 fully saturated rings. The highest BCUT2D eigenvalue weighted by Gasteiger charge is 2.43. The van der Waals surface area contributed by atoms with Gasteiger partial charge >= 0.3 is 24.5 Å². The number of halogens is 8. The van der Waals surface area contributed by atoms with E-state index in [-0.39, 0.29) is 29.2 Å². The van der Waals surface area contributed by atoms with E-state index in [9.17, 15) is 35.9 Å². The van der Waals surface area contributed by atoms with Gasteiger partial charge in [-0.1, -0.05) is 29.3 Å². The Morgan fingerprint density at radius 1 is 0.875 bits per heavy atom. The van der Waals surface area contributed by atoms with E-state index in [1.165, 1.54) is 16.8 Å². The van der Waals surface area contributed by atoms with E-state index >= 15 is 0 Å². The van der Waals surface area contributed by atoms with Crippen molar-refractivity contribution in [1.29, 1.82) is 0 Å².